The van der Waals surface area contributed by atoms with Crippen molar-refractivity contribution in [1.82, 2.24) is 19.7 Å². The van der Waals surface area contributed by atoms with Gasteiger partial charge < -0.3 is 29.3 Å². The lowest BCUT2D eigenvalue weighted by atomic mass is 9.83. The van der Waals surface area contributed by atoms with E-state index < -0.39 is 24.2 Å². The standard InChI is InChI=1S/C34H54N4O7S/c1-25(2)45-34(43)33(42)29(19-26-9-5-3-6-10-26)38(21-28-23-46-24-35-28)31(40)14-13-30(39)37(20-27-11-7-4-8-12-27)22-32(41)36-15-17-44-18-16-36/h23-27,29,33,42H,3-22H2,1-2H3/t29-,33+/m0/s1. The van der Waals surface area contributed by atoms with Crippen molar-refractivity contribution in [3.05, 3.63) is 16.6 Å². The highest BCUT2D eigenvalue weighted by atomic mass is 32.1. The smallest absolute Gasteiger partial charge is 0.337 e. The fourth-order valence-corrected chi connectivity index (χ4v) is 7.61. The average molecular weight is 663 g/mol. The third-order valence-corrected chi connectivity index (χ3v) is 10.2. The minimum atomic E-state index is -1.52. The van der Waals surface area contributed by atoms with Crippen molar-refractivity contribution < 1.29 is 33.8 Å². The van der Waals surface area contributed by atoms with E-state index in [-0.39, 0.29) is 49.6 Å². The number of carbonyl (C=O) groups excluding carboxylic acids is 4. The summed E-state index contributed by atoms with van der Waals surface area (Å²) in [6.07, 6.45) is 9.18. The summed E-state index contributed by atoms with van der Waals surface area (Å²) in [7, 11) is 0. The molecule has 12 heteroatoms. The van der Waals surface area contributed by atoms with Gasteiger partial charge in [0, 0.05) is 37.9 Å². The molecule has 0 spiro atoms. The molecule has 11 nitrogen and oxygen atoms in total. The van der Waals surface area contributed by atoms with E-state index in [1.54, 1.807) is 34.1 Å². The molecule has 2 atom stereocenters. The van der Waals surface area contributed by atoms with Crippen molar-refractivity contribution >= 4 is 35.0 Å². The Bertz CT molecular complexity index is 1100. The van der Waals surface area contributed by atoms with E-state index in [4.69, 9.17) is 9.47 Å². The number of aliphatic hydroxyl groups is 1. The first-order chi connectivity index (χ1) is 22.2. The molecule has 2 saturated carbocycles. The maximum absolute atomic E-state index is 14.1. The molecule has 3 aliphatic rings. The van der Waals surface area contributed by atoms with Crippen LogP contribution in [0.4, 0.5) is 0 Å². The van der Waals surface area contributed by atoms with Gasteiger partial charge in [-0.15, -0.1) is 11.3 Å². The van der Waals surface area contributed by atoms with Gasteiger partial charge in [0.2, 0.25) is 17.7 Å². The fraction of sp³-hybridized carbons (Fsp3) is 0.794. The first-order valence-corrected chi connectivity index (χ1v) is 18.3. The first kappa shape index (κ1) is 36.3. The van der Waals surface area contributed by atoms with E-state index in [9.17, 15) is 24.3 Å². The van der Waals surface area contributed by atoms with Crippen LogP contribution in [0, 0.1) is 11.8 Å². The van der Waals surface area contributed by atoms with Gasteiger partial charge in [0.1, 0.15) is 0 Å². The second kappa shape index (κ2) is 18.7. The number of nitrogens with zero attached hydrogens (tertiary/aromatic N) is 4. The summed E-state index contributed by atoms with van der Waals surface area (Å²) in [6, 6.07) is -0.806. The summed E-state index contributed by atoms with van der Waals surface area (Å²) >= 11 is 1.41. The van der Waals surface area contributed by atoms with E-state index in [2.05, 4.69) is 4.98 Å². The Kier molecular flexibility index (Phi) is 14.7. The van der Waals surface area contributed by atoms with Crippen LogP contribution in [0.2, 0.25) is 0 Å². The fourth-order valence-electron chi connectivity index (χ4n) is 7.06. The second-order valence-electron chi connectivity index (χ2n) is 13.5. The predicted octanol–water partition coefficient (Wildman–Crippen LogP) is 4.17. The van der Waals surface area contributed by atoms with Crippen molar-refractivity contribution in [2.75, 3.05) is 39.4 Å². The Labute approximate surface area is 278 Å². The summed E-state index contributed by atoms with van der Waals surface area (Å²) in [5.41, 5.74) is 2.35. The molecule has 0 bridgehead atoms. The van der Waals surface area contributed by atoms with Crippen molar-refractivity contribution in [2.45, 2.75) is 122 Å². The first-order valence-electron chi connectivity index (χ1n) is 17.4. The summed E-state index contributed by atoms with van der Waals surface area (Å²) in [6.45, 7) is 6.10. The number of hydrogen-bond donors (Lipinski definition) is 1. The average Bonchev–Trinajstić information content (AvgIpc) is 3.59. The zero-order valence-corrected chi connectivity index (χ0v) is 28.6. The van der Waals surface area contributed by atoms with Gasteiger partial charge in [0.25, 0.3) is 0 Å². The summed E-state index contributed by atoms with van der Waals surface area (Å²) < 4.78 is 10.8. The molecule has 2 aliphatic carbocycles. The van der Waals surface area contributed by atoms with E-state index in [0.717, 1.165) is 57.8 Å². The quantitative estimate of drug-likeness (QED) is 0.277. The molecule has 2 heterocycles. The number of amides is 3. The molecular weight excluding hydrogens is 608 g/mol. The highest BCUT2D eigenvalue weighted by Gasteiger charge is 2.38. The predicted molar refractivity (Wildman–Crippen MR) is 175 cm³/mol. The maximum Gasteiger partial charge on any atom is 0.337 e. The lowest BCUT2D eigenvalue weighted by molar-refractivity contribution is -0.164. The Morgan fingerprint density at radius 1 is 0.978 bits per heavy atom. The number of rotatable bonds is 15. The van der Waals surface area contributed by atoms with Crippen LogP contribution in [-0.4, -0.2) is 106 Å². The van der Waals surface area contributed by atoms with Gasteiger partial charge in [-0.3, -0.25) is 14.4 Å². The van der Waals surface area contributed by atoms with Crippen LogP contribution >= 0.6 is 11.3 Å². The number of hydrogen-bond acceptors (Lipinski definition) is 9. The molecule has 1 saturated heterocycles. The third kappa shape index (κ3) is 11.3. The zero-order chi connectivity index (χ0) is 32.9. The second-order valence-corrected chi connectivity index (χ2v) is 14.2. The van der Waals surface area contributed by atoms with Crippen LogP contribution in [0.5, 0.6) is 0 Å². The summed E-state index contributed by atoms with van der Waals surface area (Å²) in [5.74, 6) is -0.779. The number of morpholine rings is 1. The van der Waals surface area contributed by atoms with E-state index >= 15 is 0 Å². The van der Waals surface area contributed by atoms with E-state index in [1.165, 1.54) is 17.8 Å². The molecule has 46 heavy (non-hydrogen) atoms. The Morgan fingerprint density at radius 2 is 1.61 bits per heavy atom. The van der Waals surface area contributed by atoms with Gasteiger partial charge in [0.15, 0.2) is 6.10 Å². The molecule has 1 N–H and O–H groups in total. The van der Waals surface area contributed by atoms with E-state index in [1.807, 2.05) is 5.38 Å². The van der Waals surface area contributed by atoms with Crippen molar-refractivity contribution in [2.24, 2.45) is 11.8 Å². The van der Waals surface area contributed by atoms with Gasteiger partial charge in [-0.05, 0) is 44.9 Å². The molecule has 0 unspecified atom stereocenters. The van der Waals surface area contributed by atoms with Crippen molar-refractivity contribution in [3.8, 4) is 0 Å². The molecule has 3 fully saturated rings. The zero-order valence-electron chi connectivity index (χ0n) is 27.8. The maximum atomic E-state index is 14.1. The molecule has 1 aliphatic heterocycles. The largest absolute Gasteiger partial charge is 0.461 e. The minimum Gasteiger partial charge on any atom is -0.461 e. The van der Waals surface area contributed by atoms with Crippen molar-refractivity contribution in [1.29, 1.82) is 0 Å². The topological polar surface area (TPSA) is 130 Å². The molecule has 1 aromatic rings. The van der Waals surface area contributed by atoms with Crippen LogP contribution in [0.15, 0.2) is 10.9 Å². The number of ether oxygens (including phenoxy) is 2. The van der Waals surface area contributed by atoms with Crippen LogP contribution in [0.1, 0.15) is 103 Å². The Hall–Kier alpha value is -2.57. The van der Waals surface area contributed by atoms with E-state index in [0.29, 0.717) is 50.9 Å². The van der Waals surface area contributed by atoms with Gasteiger partial charge in [-0.25, -0.2) is 9.78 Å². The number of carbonyl (C=O) groups is 4. The van der Waals surface area contributed by atoms with Gasteiger partial charge in [0.05, 0.1) is 49.7 Å². The van der Waals surface area contributed by atoms with Gasteiger partial charge in [-0.2, -0.15) is 0 Å². The van der Waals surface area contributed by atoms with Crippen molar-refractivity contribution in [3.63, 3.8) is 0 Å². The number of aliphatic hydroxyl groups excluding tert-OH is 1. The summed E-state index contributed by atoms with van der Waals surface area (Å²) in [4.78, 5) is 63.4. The monoisotopic (exact) mass is 662 g/mol. The van der Waals surface area contributed by atoms with Crippen LogP contribution in [0.25, 0.3) is 0 Å². The molecule has 0 radical (unpaired) electrons. The summed E-state index contributed by atoms with van der Waals surface area (Å²) in [5, 5.41) is 13.2. The molecule has 258 valence electrons. The SMILES string of the molecule is CC(C)OC(=O)[C@H](O)[C@H](CC1CCCCC1)N(Cc1cscn1)C(=O)CCC(=O)N(CC(=O)N1CCOCC1)CC1CCCCC1. The highest BCUT2D eigenvalue weighted by Crippen LogP contribution is 2.31. The number of aromatic nitrogens is 1. The lowest BCUT2D eigenvalue weighted by Gasteiger charge is -2.37. The van der Waals surface area contributed by atoms with Crippen LogP contribution in [-0.2, 0) is 35.2 Å². The number of thiazole rings is 1. The molecular formula is C34H54N4O7S. The molecule has 4 rings (SSSR count). The lowest BCUT2D eigenvalue weighted by Crippen LogP contribution is -2.51. The Balaban J connectivity index is 1.50. The molecule has 3 amide bonds. The van der Waals surface area contributed by atoms with Gasteiger partial charge in [-0.1, -0.05) is 51.4 Å². The van der Waals surface area contributed by atoms with Crippen LogP contribution in [0.3, 0.4) is 0 Å². The van der Waals surface area contributed by atoms with Gasteiger partial charge >= 0.3 is 5.97 Å². The minimum absolute atomic E-state index is 0.00385. The highest BCUT2D eigenvalue weighted by molar-refractivity contribution is 7.07. The third-order valence-electron chi connectivity index (χ3n) is 9.59. The molecule has 1 aromatic heterocycles. The molecule has 0 aromatic carbocycles. The Morgan fingerprint density at radius 3 is 2.22 bits per heavy atom. The van der Waals surface area contributed by atoms with Crippen LogP contribution < -0.4 is 0 Å². The number of esters is 1. The normalized spacial score (nSPS) is 19.4.